The Morgan fingerprint density at radius 3 is 2.90 bits per heavy atom. The maximum atomic E-state index is 10.9. The smallest absolute Gasteiger partial charge is 0.273 e. The summed E-state index contributed by atoms with van der Waals surface area (Å²) in [4.78, 5) is 14.8. The minimum atomic E-state index is -0.420. The van der Waals surface area contributed by atoms with Gasteiger partial charge in [-0.15, -0.1) is 0 Å². The van der Waals surface area contributed by atoms with Crippen molar-refractivity contribution < 1.29 is 9.66 Å². The van der Waals surface area contributed by atoms with E-state index in [0.29, 0.717) is 18.8 Å². The molecule has 1 heterocycles. The van der Waals surface area contributed by atoms with Crippen LogP contribution in [0.1, 0.15) is 18.2 Å². The van der Waals surface area contributed by atoms with Crippen molar-refractivity contribution in [3.63, 3.8) is 0 Å². The molecule has 0 aliphatic rings. The summed E-state index contributed by atoms with van der Waals surface area (Å²) in [6.45, 7) is 4.14. The Hall–Kier alpha value is -2.41. The summed E-state index contributed by atoms with van der Waals surface area (Å²) in [5.74, 6) is 0.479. The number of nitro benzene ring substituents is 1. The summed E-state index contributed by atoms with van der Waals surface area (Å²) in [5.41, 5.74) is 1.76. The summed E-state index contributed by atoms with van der Waals surface area (Å²) >= 11 is 0. The largest absolute Gasteiger partial charge is 0.496 e. The van der Waals surface area contributed by atoms with E-state index in [1.54, 1.807) is 18.5 Å². The molecule has 1 aromatic carbocycles. The van der Waals surface area contributed by atoms with Crippen LogP contribution in [0, 0.1) is 10.1 Å². The van der Waals surface area contributed by atoms with Gasteiger partial charge < -0.3 is 14.6 Å². The zero-order chi connectivity index (χ0) is 15.2. The van der Waals surface area contributed by atoms with Gasteiger partial charge in [0.2, 0.25) is 0 Å². The molecular weight excluding hydrogens is 272 g/mol. The van der Waals surface area contributed by atoms with Crippen LogP contribution in [0.25, 0.3) is 0 Å². The van der Waals surface area contributed by atoms with Crippen LogP contribution in [0.4, 0.5) is 5.69 Å². The minimum Gasteiger partial charge on any atom is -0.496 e. The molecule has 7 heteroatoms. The van der Waals surface area contributed by atoms with Gasteiger partial charge in [0, 0.05) is 25.4 Å². The maximum absolute atomic E-state index is 10.9. The van der Waals surface area contributed by atoms with Crippen LogP contribution in [0.5, 0.6) is 5.75 Å². The SMILES string of the molecule is CCNCc1cn(Cc2cc(OC)cc([N+](=O)[O-])c2)cn1. The predicted octanol–water partition coefficient (Wildman–Crippen LogP) is 1.96. The van der Waals surface area contributed by atoms with Crippen molar-refractivity contribution >= 4 is 5.69 Å². The molecule has 0 aliphatic heterocycles. The van der Waals surface area contributed by atoms with Gasteiger partial charge in [-0.1, -0.05) is 6.92 Å². The zero-order valence-corrected chi connectivity index (χ0v) is 12.1. The summed E-state index contributed by atoms with van der Waals surface area (Å²) < 4.78 is 7.00. The molecule has 0 aliphatic carbocycles. The lowest BCUT2D eigenvalue weighted by molar-refractivity contribution is -0.385. The van der Waals surface area contributed by atoms with Gasteiger partial charge in [-0.25, -0.2) is 4.98 Å². The number of hydrogen-bond acceptors (Lipinski definition) is 5. The van der Waals surface area contributed by atoms with E-state index < -0.39 is 4.92 Å². The first-order valence-corrected chi connectivity index (χ1v) is 6.66. The molecule has 0 amide bonds. The highest BCUT2D eigenvalue weighted by atomic mass is 16.6. The first kappa shape index (κ1) is 15.0. The lowest BCUT2D eigenvalue weighted by Gasteiger charge is -2.06. The Kier molecular flexibility index (Phi) is 4.89. The monoisotopic (exact) mass is 290 g/mol. The van der Waals surface area contributed by atoms with Crippen LogP contribution in [0.3, 0.4) is 0 Å². The highest BCUT2D eigenvalue weighted by Gasteiger charge is 2.10. The molecular formula is C14H18N4O3. The number of methoxy groups -OCH3 is 1. The number of non-ortho nitro benzene ring substituents is 1. The summed E-state index contributed by atoms with van der Waals surface area (Å²) in [6.07, 6.45) is 3.64. The van der Waals surface area contributed by atoms with Gasteiger partial charge >= 0.3 is 0 Å². The third kappa shape index (κ3) is 4.03. The van der Waals surface area contributed by atoms with E-state index in [9.17, 15) is 10.1 Å². The van der Waals surface area contributed by atoms with E-state index in [1.165, 1.54) is 13.2 Å². The third-order valence-electron chi connectivity index (χ3n) is 3.01. The maximum Gasteiger partial charge on any atom is 0.273 e. The van der Waals surface area contributed by atoms with Crippen molar-refractivity contribution in [2.24, 2.45) is 0 Å². The fourth-order valence-corrected chi connectivity index (χ4v) is 2.01. The van der Waals surface area contributed by atoms with Crippen molar-refractivity contribution in [3.8, 4) is 5.75 Å². The van der Waals surface area contributed by atoms with E-state index in [1.807, 2.05) is 17.7 Å². The van der Waals surface area contributed by atoms with Gasteiger partial charge in [0.15, 0.2) is 0 Å². The fourth-order valence-electron chi connectivity index (χ4n) is 2.01. The van der Waals surface area contributed by atoms with Gasteiger partial charge in [-0.05, 0) is 18.2 Å². The van der Waals surface area contributed by atoms with Crippen molar-refractivity contribution in [2.45, 2.75) is 20.0 Å². The zero-order valence-electron chi connectivity index (χ0n) is 12.1. The number of benzene rings is 1. The minimum absolute atomic E-state index is 0.0253. The van der Waals surface area contributed by atoms with Crippen molar-refractivity contribution in [1.82, 2.24) is 14.9 Å². The van der Waals surface area contributed by atoms with Gasteiger partial charge in [0.25, 0.3) is 5.69 Å². The second-order valence-corrected chi connectivity index (χ2v) is 4.61. The van der Waals surface area contributed by atoms with E-state index >= 15 is 0 Å². The fraction of sp³-hybridized carbons (Fsp3) is 0.357. The second kappa shape index (κ2) is 6.85. The number of nitro groups is 1. The molecule has 0 radical (unpaired) electrons. The lowest BCUT2D eigenvalue weighted by Crippen LogP contribution is -2.11. The molecule has 0 atom stereocenters. The van der Waals surface area contributed by atoms with Gasteiger partial charge in [0.1, 0.15) is 5.75 Å². The Morgan fingerprint density at radius 2 is 2.24 bits per heavy atom. The molecule has 0 spiro atoms. The normalized spacial score (nSPS) is 10.6. The molecule has 0 saturated carbocycles. The third-order valence-corrected chi connectivity index (χ3v) is 3.01. The van der Waals surface area contributed by atoms with Crippen LogP contribution in [0.15, 0.2) is 30.7 Å². The molecule has 2 aromatic rings. The summed E-state index contributed by atoms with van der Waals surface area (Å²) in [7, 11) is 1.49. The van der Waals surface area contributed by atoms with Gasteiger partial charge in [-0.2, -0.15) is 0 Å². The Morgan fingerprint density at radius 1 is 1.43 bits per heavy atom. The highest BCUT2D eigenvalue weighted by molar-refractivity contribution is 5.42. The van der Waals surface area contributed by atoms with Crippen LogP contribution in [0.2, 0.25) is 0 Å². The summed E-state index contributed by atoms with van der Waals surface area (Å²) in [5, 5.41) is 14.1. The first-order chi connectivity index (χ1) is 10.1. The highest BCUT2D eigenvalue weighted by Crippen LogP contribution is 2.23. The van der Waals surface area contributed by atoms with Crippen molar-refractivity contribution in [3.05, 3.63) is 52.1 Å². The van der Waals surface area contributed by atoms with Gasteiger partial charge in [-0.3, -0.25) is 10.1 Å². The summed E-state index contributed by atoms with van der Waals surface area (Å²) in [6, 6.07) is 4.75. The molecule has 0 saturated heterocycles. The molecule has 112 valence electrons. The van der Waals surface area contributed by atoms with Gasteiger partial charge in [0.05, 0.1) is 30.1 Å². The Balaban J connectivity index is 2.16. The Bertz CT molecular complexity index is 624. The number of ether oxygens (including phenoxy) is 1. The van der Waals surface area contributed by atoms with Crippen molar-refractivity contribution in [2.75, 3.05) is 13.7 Å². The van der Waals surface area contributed by atoms with Crippen LogP contribution in [-0.4, -0.2) is 28.1 Å². The molecule has 1 aromatic heterocycles. The average molecular weight is 290 g/mol. The van der Waals surface area contributed by atoms with Crippen LogP contribution >= 0.6 is 0 Å². The van der Waals surface area contributed by atoms with E-state index in [0.717, 1.165) is 17.8 Å². The molecule has 1 N–H and O–H groups in total. The number of nitrogens with zero attached hydrogens (tertiary/aromatic N) is 3. The van der Waals surface area contributed by atoms with E-state index in [-0.39, 0.29) is 5.69 Å². The van der Waals surface area contributed by atoms with Crippen molar-refractivity contribution in [1.29, 1.82) is 0 Å². The number of hydrogen-bond donors (Lipinski definition) is 1. The lowest BCUT2D eigenvalue weighted by atomic mass is 10.2. The van der Waals surface area contributed by atoms with E-state index in [4.69, 9.17) is 4.74 Å². The molecule has 2 rings (SSSR count). The number of aromatic nitrogens is 2. The van der Waals surface area contributed by atoms with Crippen LogP contribution in [-0.2, 0) is 13.1 Å². The topological polar surface area (TPSA) is 82.2 Å². The standard InChI is InChI=1S/C14H18N4O3/c1-3-15-7-12-9-17(10-16-12)8-11-4-13(18(19)20)6-14(5-11)21-2/h4-6,9-10,15H,3,7-8H2,1-2H3. The average Bonchev–Trinajstić information content (AvgIpc) is 2.92. The number of imidazole rings is 1. The number of nitrogens with one attached hydrogen (secondary N) is 1. The molecule has 0 fully saturated rings. The predicted molar refractivity (Wildman–Crippen MR) is 78.4 cm³/mol. The molecule has 0 unspecified atom stereocenters. The van der Waals surface area contributed by atoms with Crippen LogP contribution < -0.4 is 10.1 Å². The molecule has 0 bridgehead atoms. The van der Waals surface area contributed by atoms with E-state index in [2.05, 4.69) is 10.3 Å². The quantitative estimate of drug-likeness (QED) is 0.622. The molecule has 7 nitrogen and oxygen atoms in total. The Labute approximate surface area is 122 Å². The number of rotatable bonds is 7. The first-order valence-electron chi connectivity index (χ1n) is 6.66. The molecule has 21 heavy (non-hydrogen) atoms. The second-order valence-electron chi connectivity index (χ2n) is 4.61.